The summed E-state index contributed by atoms with van der Waals surface area (Å²) in [5, 5.41) is 5.55. The van der Waals surface area contributed by atoms with Crippen LogP contribution in [0.2, 0.25) is 0 Å². The quantitative estimate of drug-likeness (QED) is 0.803. The third-order valence-corrected chi connectivity index (χ3v) is 3.25. The molecule has 5 nitrogen and oxygen atoms in total. The van der Waals surface area contributed by atoms with Crippen LogP contribution < -0.4 is 10.6 Å². The van der Waals surface area contributed by atoms with Crippen LogP contribution in [0.1, 0.15) is 24.4 Å². The first kappa shape index (κ1) is 14.5. The fraction of sp³-hybridized carbons (Fsp3) is 0.467. The molecule has 1 aromatic carbocycles. The van der Waals surface area contributed by atoms with Gasteiger partial charge in [0.2, 0.25) is 11.8 Å². The Labute approximate surface area is 119 Å². The molecule has 0 heterocycles. The maximum absolute atomic E-state index is 12.3. The number of hydrogen-bond acceptors (Lipinski definition) is 3. The molecule has 2 amide bonds. The number of rotatable bonds is 6. The van der Waals surface area contributed by atoms with Crippen molar-refractivity contribution >= 4 is 11.8 Å². The van der Waals surface area contributed by atoms with E-state index in [1.165, 1.54) is 0 Å². The predicted molar refractivity (Wildman–Crippen MR) is 77.0 cm³/mol. The van der Waals surface area contributed by atoms with E-state index in [2.05, 4.69) is 10.6 Å². The second-order valence-electron chi connectivity index (χ2n) is 5.34. The van der Waals surface area contributed by atoms with Crippen LogP contribution in [0.25, 0.3) is 0 Å². The van der Waals surface area contributed by atoms with Gasteiger partial charge in [-0.2, -0.15) is 0 Å². The van der Waals surface area contributed by atoms with Gasteiger partial charge in [0.25, 0.3) is 0 Å². The van der Waals surface area contributed by atoms with Crippen LogP contribution in [0.15, 0.2) is 30.3 Å². The molecule has 2 rings (SSSR count). The lowest BCUT2D eigenvalue weighted by atomic mass is 10.1. The molecule has 0 spiro atoms. The molecule has 1 unspecified atom stereocenters. The Morgan fingerprint density at radius 3 is 2.45 bits per heavy atom. The Bertz CT molecular complexity index is 469. The average Bonchev–Trinajstić information content (AvgIpc) is 3.21. The van der Waals surface area contributed by atoms with E-state index >= 15 is 0 Å². The fourth-order valence-electron chi connectivity index (χ4n) is 2.09. The minimum Gasteiger partial charge on any atom is -0.352 e. The monoisotopic (exact) mass is 275 g/mol. The summed E-state index contributed by atoms with van der Waals surface area (Å²) >= 11 is 0. The molecule has 0 aromatic heterocycles. The standard InChI is InChI=1S/C15H21N3O2/c1-18(2)14(11-6-4-3-5-7-11)15(20)16-10-13(19)17-12-8-9-12/h3-7,12,14H,8-10H2,1-2H3,(H,16,20)(H,17,19). The maximum atomic E-state index is 12.3. The van der Waals surface area contributed by atoms with Crippen LogP contribution >= 0.6 is 0 Å². The average molecular weight is 275 g/mol. The van der Waals surface area contributed by atoms with Crippen molar-refractivity contribution < 1.29 is 9.59 Å². The van der Waals surface area contributed by atoms with Gasteiger partial charge in [-0.15, -0.1) is 0 Å². The molecular weight excluding hydrogens is 254 g/mol. The largest absolute Gasteiger partial charge is 0.352 e. The van der Waals surface area contributed by atoms with Crippen LogP contribution in [-0.4, -0.2) is 43.4 Å². The number of amides is 2. The Balaban J connectivity index is 1.91. The van der Waals surface area contributed by atoms with E-state index in [1.807, 2.05) is 49.3 Å². The van der Waals surface area contributed by atoms with E-state index in [0.717, 1.165) is 18.4 Å². The van der Waals surface area contributed by atoms with Crippen molar-refractivity contribution in [1.29, 1.82) is 0 Å². The maximum Gasteiger partial charge on any atom is 0.242 e. The summed E-state index contributed by atoms with van der Waals surface area (Å²) < 4.78 is 0. The second-order valence-corrected chi connectivity index (χ2v) is 5.34. The smallest absolute Gasteiger partial charge is 0.242 e. The second kappa shape index (κ2) is 6.52. The van der Waals surface area contributed by atoms with Crippen molar-refractivity contribution in [2.24, 2.45) is 0 Å². The molecule has 1 fully saturated rings. The highest BCUT2D eigenvalue weighted by molar-refractivity contribution is 5.88. The Hall–Kier alpha value is -1.88. The van der Waals surface area contributed by atoms with Gasteiger partial charge in [0.05, 0.1) is 6.54 Å². The highest BCUT2D eigenvalue weighted by Gasteiger charge is 2.25. The van der Waals surface area contributed by atoms with Gasteiger partial charge in [-0.3, -0.25) is 14.5 Å². The van der Waals surface area contributed by atoms with Crippen molar-refractivity contribution in [3.63, 3.8) is 0 Å². The van der Waals surface area contributed by atoms with E-state index in [9.17, 15) is 9.59 Å². The molecule has 0 bridgehead atoms. The number of likely N-dealkylation sites (N-methyl/N-ethyl adjacent to an activating group) is 1. The molecule has 1 aromatic rings. The summed E-state index contributed by atoms with van der Waals surface area (Å²) in [6, 6.07) is 9.47. The van der Waals surface area contributed by atoms with Gasteiger partial charge in [0, 0.05) is 6.04 Å². The van der Waals surface area contributed by atoms with Gasteiger partial charge in [-0.05, 0) is 32.5 Å². The summed E-state index contributed by atoms with van der Waals surface area (Å²) in [6.07, 6.45) is 2.09. The minimum absolute atomic E-state index is 0.0342. The Morgan fingerprint density at radius 2 is 1.90 bits per heavy atom. The Kier molecular flexibility index (Phi) is 4.74. The van der Waals surface area contributed by atoms with Gasteiger partial charge >= 0.3 is 0 Å². The molecule has 1 aliphatic carbocycles. The van der Waals surface area contributed by atoms with Crippen LogP contribution in [0, 0.1) is 0 Å². The van der Waals surface area contributed by atoms with Crippen molar-refractivity contribution in [2.45, 2.75) is 24.9 Å². The van der Waals surface area contributed by atoms with Crippen LogP contribution in [0.3, 0.4) is 0 Å². The summed E-state index contributed by atoms with van der Waals surface area (Å²) in [5.74, 6) is -0.279. The molecule has 108 valence electrons. The molecule has 0 aliphatic heterocycles. The lowest BCUT2D eigenvalue weighted by molar-refractivity contribution is -0.129. The van der Waals surface area contributed by atoms with Crippen LogP contribution in [0.5, 0.6) is 0 Å². The van der Waals surface area contributed by atoms with Gasteiger partial charge in [0.1, 0.15) is 6.04 Å². The highest BCUT2D eigenvalue weighted by atomic mass is 16.2. The SMILES string of the molecule is CN(C)C(C(=O)NCC(=O)NC1CC1)c1ccccc1. The van der Waals surface area contributed by atoms with Gasteiger partial charge in [-0.1, -0.05) is 30.3 Å². The van der Waals surface area contributed by atoms with E-state index in [-0.39, 0.29) is 24.4 Å². The minimum atomic E-state index is -0.384. The van der Waals surface area contributed by atoms with E-state index in [4.69, 9.17) is 0 Å². The van der Waals surface area contributed by atoms with Gasteiger partial charge < -0.3 is 10.6 Å². The van der Waals surface area contributed by atoms with E-state index in [0.29, 0.717) is 6.04 Å². The number of benzene rings is 1. The van der Waals surface area contributed by atoms with Crippen molar-refractivity contribution in [2.75, 3.05) is 20.6 Å². The summed E-state index contributed by atoms with van der Waals surface area (Å²) in [5.41, 5.74) is 0.914. The molecule has 5 heteroatoms. The highest BCUT2D eigenvalue weighted by Crippen LogP contribution is 2.19. The molecule has 1 saturated carbocycles. The topological polar surface area (TPSA) is 61.4 Å². The number of carbonyl (C=O) groups excluding carboxylic acids is 2. The van der Waals surface area contributed by atoms with Crippen LogP contribution in [0.4, 0.5) is 0 Å². The fourth-order valence-corrected chi connectivity index (χ4v) is 2.09. The lowest BCUT2D eigenvalue weighted by Crippen LogP contribution is -2.42. The molecular formula is C15H21N3O2. The normalized spacial score (nSPS) is 15.8. The first-order chi connectivity index (χ1) is 9.58. The van der Waals surface area contributed by atoms with Crippen molar-refractivity contribution in [1.82, 2.24) is 15.5 Å². The number of hydrogen-bond donors (Lipinski definition) is 2. The number of carbonyl (C=O) groups is 2. The first-order valence-corrected chi connectivity index (χ1v) is 6.86. The molecule has 20 heavy (non-hydrogen) atoms. The van der Waals surface area contributed by atoms with E-state index < -0.39 is 0 Å². The first-order valence-electron chi connectivity index (χ1n) is 6.86. The summed E-state index contributed by atoms with van der Waals surface area (Å²) in [4.78, 5) is 25.7. The summed E-state index contributed by atoms with van der Waals surface area (Å²) in [6.45, 7) is 0.0342. The third kappa shape index (κ3) is 4.06. The van der Waals surface area contributed by atoms with Crippen molar-refractivity contribution in [3.05, 3.63) is 35.9 Å². The zero-order chi connectivity index (χ0) is 14.5. The molecule has 0 saturated heterocycles. The zero-order valence-electron chi connectivity index (χ0n) is 11.9. The molecule has 2 N–H and O–H groups in total. The zero-order valence-corrected chi connectivity index (χ0v) is 11.9. The number of nitrogens with zero attached hydrogens (tertiary/aromatic N) is 1. The van der Waals surface area contributed by atoms with Crippen LogP contribution in [-0.2, 0) is 9.59 Å². The molecule has 1 atom stereocenters. The van der Waals surface area contributed by atoms with Gasteiger partial charge in [0.15, 0.2) is 0 Å². The Morgan fingerprint density at radius 1 is 1.25 bits per heavy atom. The summed E-state index contributed by atoms with van der Waals surface area (Å²) in [7, 11) is 3.70. The predicted octanol–water partition coefficient (Wildman–Crippen LogP) is 0.684. The molecule has 1 aliphatic rings. The number of nitrogens with one attached hydrogen (secondary N) is 2. The third-order valence-electron chi connectivity index (χ3n) is 3.25. The molecule has 0 radical (unpaired) electrons. The van der Waals surface area contributed by atoms with Crippen molar-refractivity contribution in [3.8, 4) is 0 Å². The van der Waals surface area contributed by atoms with E-state index in [1.54, 1.807) is 0 Å². The van der Waals surface area contributed by atoms with Gasteiger partial charge in [-0.25, -0.2) is 0 Å². The lowest BCUT2D eigenvalue weighted by Gasteiger charge is -2.23.